The van der Waals surface area contributed by atoms with Crippen LogP contribution >= 0.6 is 34.9 Å². The molecule has 3 heterocycles. The van der Waals surface area contributed by atoms with Crippen LogP contribution < -0.4 is 11.1 Å². The Morgan fingerprint density at radius 3 is 2.44 bits per heavy atom. The lowest BCUT2D eigenvalue weighted by molar-refractivity contribution is -0.154. The lowest BCUT2D eigenvalue weighted by atomic mass is 10.0. The fourth-order valence-electron chi connectivity index (χ4n) is 4.55. The third-order valence-corrected chi connectivity index (χ3v) is 8.49. The molecule has 0 radical (unpaired) electrons. The zero-order chi connectivity index (χ0) is 30.3. The first kappa shape index (κ1) is 30.3. The zero-order valence-electron chi connectivity index (χ0n) is 22.9. The number of aromatic nitrogens is 2. The molecule has 0 bridgehead atoms. The Kier molecular flexibility index (Phi) is 9.75. The number of hydrogen-bond donors (Lipinski definition) is 2. The van der Waals surface area contributed by atoms with Gasteiger partial charge in [0.1, 0.15) is 23.7 Å². The number of nitrogens with two attached hydrogens (primary N) is 1. The summed E-state index contributed by atoms with van der Waals surface area (Å²) in [5.74, 6) is -1.27. The predicted octanol–water partition coefficient (Wildman–Crippen LogP) is 3.64. The van der Waals surface area contributed by atoms with Crippen LogP contribution in [0.25, 0.3) is 0 Å². The molecule has 3 aromatic rings. The molecule has 0 aliphatic carbocycles. The van der Waals surface area contributed by atoms with E-state index >= 15 is 0 Å². The molecule has 1 unspecified atom stereocenters. The zero-order valence-corrected chi connectivity index (χ0v) is 25.3. The monoisotopic (exact) mass is 638 g/mol. The van der Waals surface area contributed by atoms with Crippen LogP contribution in [0.5, 0.6) is 0 Å². The molecule has 5 rings (SSSR count). The summed E-state index contributed by atoms with van der Waals surface area (Å²) >= 11 is 8.20. The molecule has 1 fully saturated rings. The number of hydrogen-bond acceptors (Lipinski definition) is 11. The number of carbonyl (C=O) groups excluding carboxylic acids is 3. The van der Waals surface area contributed by atoms with Crippen LogP contribution in [0.15, 0.2) is 89.2 Å². The van der Waals surface area contributed by atoms with Gasteiger partial charge < -0.3 is 20.6 Å². The van der Waals surface area contributed by atoms with E-state index in [1.807, 2.05) is 60.7 Å². The molecule has 2 aromatic carbocycles. The highest BCUT2D eigenvalue weighted by atomic mass is 35.5. The molecule has 0 saturated carbocycles. The summed E-state index contributed by atoms with van der Waals surface area (Å²) < 4.78 is 10.2. The molecule has 2 atom stereocenters. The number of oxime groups is 1. The fourth-order valence-corrected chi connectivity index (χ4v) is 6.39. The summed E-state index contributed by atoms with van der Waals surface area (Å²) in [5, 5.41) is 6.12. The average molecular weight is 639 g/mol. The largest absolute Gasteiger partial charge is 0.448 e. The molecular formula is C29H27ClN6O5S2. The highest BCUT2D eigenvalue weighted by Crippen LogP contribution is 2.42. The number of ether oxygens (including phenoxy) is 1. The van der Waals surface area contributed by atoms with Crippen molar-refractivity contribution in [2.24, 2.45) is 5.16 Å². The molecule has 2 amide bonds. The number of esters is 1. The van der Waals surface area contributed by atoms with Gasteiger partial charge in [-0.2, -0.15) is 9.36 Å². The van der Waals surface area contributed by atoms with Crippen LogP contribution in [0, 0.1) is 0 Å². The molecule has 14 heteroatoms. The molecule has 1 saturated heterocycles. The van der Waals surface area contributed by atoms with Gasteiger partial charge >= 0.3 is 5.97 Å². The lowest BCUT2D eigenvalue weighted by Crippen LogP contribution is -2.71. The Labute approximate surface area is 260 Å². The Balaban J connectivity index is 1.41. The molecule has 0 spiro atoms. The van der Waals surface area contributed by atoms with E-state index in [0.717, 1.165) is 22.7 Å². The topological polar surface area (TPSA) is 149 Å². The van der Waals surface area contributed by atoms with Crippen LogP contribution in [0.1, 0.15) is 30.0 Å². The highest BCUT2D eigenvalue weighted by Gasteiger charge is 2.54. The summed E-state index contributed by atoms with van der Waals surface area (Å²) in [4.78, 5) is 51.1. The number of nitrogen functional groups attached to an aromatic ring is 1. The van der Waals surface area contributed by atoms with E-state index in [-0.39, 0.29) is 34.9 Å². The van der Waals surface area contributed by atoms with Crippen LogP contribution in [-0.4, -0.2) is 67.4 Å². The van der Waals surface area contributed by atoms with E-state index < -0.39 is 35.3 Å². The number of carbonyl (C=O) groups is 3. The fraction of sp³-hybridized carbons (Fsp3) is 0.241. The van der Waals surface area contributed by atoms with Crippen molar-refractivity contribution < 1.29 is 24.0 Å². The number of amides is 2. The average Bonchev–Trinajstić information content (AvgIpc) is 3.47. The maximum absolute atomic E-state index is 13.9. The Bertz CT molecular complexity index is 1540. The number of alkyl halides is 1. The maximum Gasteiger partial charge on any atom is 0.356 e. The van der Waals surface area contributed by atoms with Crippen molar-refractivity contribution in [1.29, 1.82) is 0 Å². The van der Waals surface area contributed by atoms with Crippen LogP contribution in [0.2, 0.25) is 0 Å². The minimum Gasteiger partial charge on any atom is -0.448 e. The van der Waals surface area contributed by atoms with Crippen LogP contribution in [-0.2, 0) is 24.0 Å². The number of allylic oxidation sites excluding steroid dienone is 2. The summed E-state index contributed by atoms with van der Waals surface area (Å²) in [6.07, 6.45) is 2.71. The van der Waals surface area contributed by atoms with Gasteiger partial charge in [0.15, 0.2) is 11.2 Å². The van der Waals surface area contributed by atoms with Gasteiger partial charge in [-0.05, 0) is 23.6 Å². The lowest BCUT2D eigenvalue weighted by Gasteiger charge is -2.49. The Morgan fingerprint density at radius 1 is 1.19 bits per heavy atom. The van der Waals surface area contributed by atoms with E-state index in [2.05, 4.69) is 19.8 Å². The van der Waals surface area contributed by atoms with Crippen LogP contribution in [0.4, 0.5) is 5.13 Å². The number of nitrogens with one attached hydrogen (secondary N) is 1. The van der Waals surface area contributed by atoms with Crippen molar-refractivity contribution >= 4 is 63.5 Å². The van der Waals surface area contributed by atoms with Crippen molar-refractivity contribution in [3.05, 3.63) is 101 Å². The van der Waals surface area contributed by atoms with E-state index in [1.54, 1.807) is 19.1 Å². The van der Waals surface area contributed by atoms with E-state index in [1.165, 1.54) is 16.7 Å². The number of halogens is 1. The Morgan fingerprint density at radius 2 is 1.86 bits per heavy atom. The number of nitrogens with zero attached hydrogens (tertiary/aromatic N) is 4. The molecule has 3 N–H and O–H groups in total. The number of rotatable bonds is 11. The van der Waals surface area contributed by atoms with E-state index in [0.29, 0.717) is 11.3 Å². The Hall–Kier alpha value is -4.20. The number of β-lactam (4-membered cyclic amide) rings is 1. The number of thioether (sulfide) groups is 1. The second-order valence-electron chi connectivity index (χ2n) is 9.21. The molecule has 222 valence electrons. The summed E-state index contributed by atoms with van der Waals surface area (Å²) in [6, 6.07) is 17.8. The molecule has 11 nitrogen and oxygen atoms in total. The smallest absolute Gasteiger partial charge is 0.356 e. The number of fused-ring (bicyclic) bond motifs is 1. The first-order valence-corrected chi connectivity index (χ1v) is 15.6. The quantitative estimate of drug-likeness (QED) is 0.106. The van der Waals surface area contributed by atoms with Gasteiger partial charge in [0.25, 0.3) is 11.8 Å². The third-order valence-electron chi connectivity index (χ3n) is 6.47. The third kappa shape index (κ3) is 6.58. The minimum absolute atomic E-state index is 0.0149. The summed E-state index contributed by atoms with van der Waals surface area (Å²) in [5.41, 5.74) is 7.72. The van der Waals surface area contributed by atoms with Crippen molar-refractivity contribution in [2.75, 3.05) is 24.0 Å². The minimum atomic E-state index is -0.944. The van der Waals surface area contributed by atoms with Gasteiger partial charge in [0.05, 0.1) is 0 Å². The molecule has 43 heavy (non-hydrogen) atoms. The number of anilines is 1. The van der Waals surface area contributed by atoms with E-state index in [4.69, 9.17) is 26.9 Å². The van der Waals surface area contributed by atoms with Gasteiger partial charge in [0, 0.05) is 23.2 Å². The highest BCUT2D eigenvalue weighted by molar-refractivity contribution is 8.00. The van der Waals surface area contributed by atoms with Gasteiger partial charge in [0.2, 0.25) is 11.5 Å². The van der Waals surface area contributed by atoms with Crippen molar-refractivity contribution in [2.45, 2.75) is 24.4 Å². The van der Waals surface area contributed by atoms with Gasteiger partial charge in [-0.3, -0.25) is 14.5 Å². The second kappa shape index (κ2) is 13.8. The maximum atomic E-state index is 13.9. The van der Waals surface area contributed by atoms with E-state index in [9.17, 15) is 14.4 Å². The van der Waals surface area contributed by atoms with Gasteiger partial charge in [-0.1, -0.05) is 78.0 Å². The van der Waals surface area contributed by atoms with Gasteiger partial charge in [-0.25, -0.2) is 4.79 Å². The first-order chi connectivity index (χ1) is 20.9. The first-order valence-electron chi connectivity index (χ1n) is 13.2. The summed E-state index contributed by atoms with van der Waals surface area (Å²) in [7, 11) is 0. The standard InChI is InChI=1S/C29H27ClN6O5S2/c1-2-40-34-20(24-33-29(31)43-35-24)25(37)32-21-26(38)36-22(19(14-9-15-30)16-42-27(21)36)28(39)41-23(17-10-5-3-6-11-17)18-12-7-4-8-13-18/h3-14,21,23,27H,2,15-16H2,1H3,(H,32,37)(H2,31,33,35)/b14-9+,34-20+/t21?,27-/m1/s1. The molecule has 1 aromatic heterocycles. The van der Waals surface area contributed by atoms with Crippen molar-refractivity contribution in [3.63, 3.8) is 0 Å². The SMILES string of the molecule is CCO/N=C(/C(=O)NC1C(=O)N2C(C(=O)OC(c3ccccc3)c3ccccc3)=C(/C=C/CCl)CS[C@H]12)c1nsc(N)n1. The predicted molar refractivity (Wildman–Crippen MR) is 165 cm³/mol. The molecular weight excluding hydrogens is 612 g/mol. The second-order valence-corrected chi connectivity index (χ2v) is 11.4. The summed E-state index contributed by atoms with van der Waals surface area (Å²) in [6.45, 7) is 1.91. The molecule has 2 aliphatic rings. The van der Waals surface area contributed by atoms with Crippen molar-refractivity contribution in [3.8, 4) is 0 Å². The van der Waals surface area contributed by atoms with Crippen molar-refractivity contribution in [1.82, 2.24) is 19.6 Å². The van der Waals surface area contributed by atoms with Gasteiger partial charge in [-0.15, -0.1) is 23.4 Å². The number of benzene rings is 2. The molecule has 2 aliphatic heterocycles. The normalized spacial score (nSPS) is 18.4. The van der Waals surface area contributed by atoms with Crippen LogP contribution in [0.3, 0.4) is 0 Å².